The van der Waals surface area contributed by atoms with Crippen LogP contribution in [0.2, 0.25) is 0 Å². The molecule has 34 heavy (non-hydrogen) atoms. The second-order valence-corrected chi connectivity index (χ2v) is 11.9. The van der Waals surface area contributed by atoms with Gasteiger partial charge in [-0.15, -0.1) is 0 Å². The summed E-state index contributed by atoms with van der Waals surface area (Å²) in [6.07, 6.45) is 2.14. The summed E-state index contributed by atoms with van der Waals surface area (Å²) in [5.41, 5.74) is 5.62. The van der Waals surface area contributed by atoms with Crippen molar-refractivity contribution in [2.45, 2.75) is 83.7 Å². The molecule has 4 nitrogen and oxygen atoms in total. The second-order valence-electron chi connectivity index (χ2n) is 11.9. The Hall–Kier alpha value is -2.72. The molecule has 1 aliphatic heterocycles. The molecule has 1 saturated heterocycles. The Morgan fingerprint density at radius 1 is 0.853 bits per heavy atom. The zero-order valence-corrected chi connectivity index (χ0v) is 21.4. The predicted molar refractivity (Wildman–Crippen MR) is 136 cm³/mol. The number of rotatable bonds is 2. The number of ether oxygens (including phenoxy) is 1. The zero-order valence-electron chi connectivity index (χ0n) is 21.4. The first kappa shape index (κ1) is 24.4. The number of benzene rings is 2. The van der Waals surface area contributed by atoms with E-state index >= 15 is 0 Å². The fourth-order valence-electron chi connectivity index (χ4n) is 5.24. The van der Waals surface area contributed by atoms with Gasteiger partial charge in [-0.25, -0.2) is 0 Å². The third kappa shape index (κ3) is 4.36. The van der Waals surface area contributed by atoms with Crippen molar-refractivity contribution in [3.63, 3.8) is 0 Å². The van der Waals surface area contributed by atoms with Crippen molar-refractivity contribution in [2.24, 2.45) is 0 Å². The smallest absolute Gasteiger partial charge is 0.124 e. The lowest BCUT2D eigenvalue weighted by atomic mass is 9.70. The van der Waals surface area contributed by atoms with Crippen molar-refractivity contribution in [1.82, 2.24) is 0 Å². The van der Waals surface area contributed by atoms with E-state index in [-0.39, 0.29) is 28.4 Å². The fraction of sp³-hybridized carbons (Fsp3) is 0.467. The van der Waals surface area contributed by atoms with Crippen LogP contribution in [-0.2, 0) is 15.6 Å². The summed E-state index contributed by atoms with van der Waals surface area (Å²) in [4.78, 5) is 0. The van der Waals surface area contributed by atoms with Gasteiger partial charge in [0, 0.05) is 11.8 Å². The topological polar surface area (TPSA) is 69.9 Å². The van der Waals surface area contributed by atoms with E-state index in [9.17, 15) is 15.3 Å². The van der Waals surface area contributed by atoms with E-state index in [1.807, 2.05) is 19.1 Å². The molecule has 182 valence electrons. The van der Waals surface area contributed by atoms with Crippen LogP contribution < -0.4 is 0 Å². The van der Waals surface area contributed by atoms with Crippen LogP contribution in [0.5, 0.6) is 11.5 Å². The molecule has 0 amide bonds. The van der Waals surface area contributed by atoms with Crippen LogP contribution in [-0.4, -0.2) is 28.0 Å². The van der Waals surface area contributed by atoms with Crippen molar-refractivity contribution in [2.75, 3.05) is 6.61 Å². The molecule has 1 aliphatic carbocycles. The highest BCUT2D eigenvalue weighted by Gasteiger charge is 2.40. The lowest BCUT2D eigenvalue weighted by Crippen LogP contribution is -2.30. The van der Waals surface area contributed by atoms with E-state index in [1.54, 1.807) is 12.1 Å². The number of hydrogen-bond acceptors (Lipinski definition) is 4. The number of phenolic OH excluding ortho intramolecular Hbond substituents is 2. The molecular weight excluding hydrogens is 424 g/mol. The molecule has 3 atom stereocenters. The highest BCUT2D eigenvalue weighted by atomic mass is 16.5. The van der Waals surface area contributed by atoms with Crippen LogP contribution in [0.25, 0.3) is 0 Å². The maximum Gasteiger partial charge on any atom is 0.124 e. The average molecular weight is 463 g/mol. The van der Waals surface area contributed by atoms with Gasteiger partial charge in [0.25, 0.3) is 0 Å². The van der Waals surface area contributed by atoms with Crippen molar-refractivity contribution in [3.05, 3.63) is 81.6 Å². The van der Waals surface area contributed by atoms with Gasteiger partial charge in [-0.05, 0) is 69.7 Å². The quantitative estimate of drug-likeness (QED) is 0.473. The number of allylic oxidation sites excluding steroid dienone is 1. The van der Waals surface area contributed by atoms with E-state index in [1.165, 1.54) is 0 Å². The molecule has 0 spiro atoms. The summed E-state index contributed by atoms with van der Waals surface area (Å²) in [7, 11) is 0. The Labute approximate surface area is 203 Å². The van der Waals surface area contributed by atoms with Crippen molar-refractivity contribution < 1.29 is 20.1 Å². The molecule has 0 bridgehead atoms. The third-order valence-electron chi connectivity index (χ3n) is 7.25. The van der Waals surface area contributed by atoms with E-state index in [4.69, 9.17) is 4.74 Å². The number of hydrogen-bond donors (Lipinski definition) is 3. The third-order valence-corrected chi connectivity index (χ3v) is 7.25. The van der Waals surface area contributed by atoms with Crippen LogP contribution in [0.4, 0.5) is 0 Å². The lowest BCUT2D eigenvalue weighted by molar-refractivity contribution is 0.138. The summed E-state index contributed by atoms with van der Waals surface area (Å²) < 4.78 is 6.33. The molecule has 0 radical (unpaired) electrons. The molecule has 4 heteroatoms. The van der Waals surface area contributed by atoms with Gasteiger partial charge in [0.2, 0.25) is 0 Å². The van der Waals surface area contributed by atoms with Gasteiger partial charge in [0.1, 0.15) is 17.3 Å². The summed E-state index contributed by atoms with van der Waals surface area (Å²) >= 11 is 0. The van der Waals surface area contributed by atoms with Gasteiger partial charge in [0.15, 0.2) is 0 Å². The van der Waals surface area contributed by atoms with Crippen molar-refractivity contribution in [1.29, 1.82) is 0 Å². The standard InChI is InChI=1S/C30H38O4/c1-17-25(32)13-12-21-26(18-8-10-20(31)11-9-18)22(16-34-28(17)21)19-14-23(29(2,3)4)27(33)24(15-19)30(5,6)7/h8-12,14-15,22,25-26,31-33H,13,16H2,1-7H3. The minimum atomic E-state index is -0.524. The summed E-state index contributed by atoms with van der Waals surface area (Å²) in [5.74, 6) is 1.43. The summed E-state index contributed by atoms with van der Waals surface area (Å²) in [5, 5.41) is 31.6. The van der Waals surface area contributed by atoms with E-state index in [0.29, 0.717) is 18.8 Å². The van der Waals surface area contributed by atoms with Gasteiger partial charge in [-0.3, -0.25) is 0 Å². The fourth-order valence-corrected chi connectivity index (χ4v) is 5.24. The minimum Gasteiger partial charge on any atom is -0.508 e. The van der Waals surface area contributed by atoms with Gasteiger partial charge in [0.05, 0.1) is 12.7 Å². The molecular formula is C30H38O4. The molecule has 1 heterocycles. The maximum absolute atomic E-state index is 11.2. The Kier molecular flexibility index (Phi) is 6.10. The van der Waals surface area contributed by atoms with E-state index in [2.05, 4.69) is 59.8 Å². The second kappa shape index (κ2) is 8.49. The van der Waals surface area contributed by atoms with E-state index < -0.39 is 6.10 Å². The van der Waals surface area contributed by atoms with Crippen LogP contribution in [0.3, 0.4) is 0 Å². The Balaban J connectivity index is 1.93. The molecule has 4 rings (SSSR count). The first-order valence-corrected chi connectivity index (χ1v) is 12.2. The van der Waals surface area contributed by atoms with Crippen LogP contribution in [0.1, 0.15) is 89.0 Å². The molecule has 1 fully saturated rings. The molecule has 0 saturated carbocycles. The average Bonchev–Trinajstić information content (AvgIpc) is 2.75. The Bertz CT molecular complexity index is 1100. The van der Waals surface area contributed by atoms with Crippen LogP contribution in [0, 0.1) is 0 Å². The SMILES string of the molecule is CC1=C2OCC(c3cc(C(C)(C)C)c(O)c(C(C)(C)C)c3)C(c3ccc(O)cc3)C2=CCC1O. The molecule has 2 aromatic rings. The Morgan fingerprint density at radius 2 is 1.41 bits per heavy atom. The highest BCUT2D eigenvalue weighted by Crippen LogP contribution is 2.51. The molecule has 3 unspecified atom stereocenters. The highest BCUT2D eigenvalue weighted by molar-refractivity contribution is 5.54. The summed E-state index contributed by atoms with van der Waals surface area (Å²) in [6.45, 7) is 15.2. The largest absolute Gasteiger partial charge is 0.508 e. The minimum absolute atomic E-state index is 0.0111. The number of aliphatic hydroxyl groups is 1. The van der Waals surface area contributed by atoms with Crippen molar-refractivity contribution in [3.8, 4) is 11.5 Å². The molecule has 2 aromatic carbocycles. The first-order chi connectivity index (χ1) is 15.8. The number of aliphatic hydroxyl groups excluding tert-OH is 1. The molecule has 3 N–H and O–H groups in total. The maximum atomic E-state index is 11.2. The number of aromatic hydroxyl groups is 2. The number of phenols is 2. The van der Waals surface area contributed by atoms with Gasteiger partial charge in [-0.1, -0.05) is 71.9 Å². The number of fused-ring (bicyclic) bond motifs is 1. The first-order valence-electron chi connectivity index (χ1n) is 12.2. The monoisotopic (exact) mass is 462 g/mol. The predicted octanol–water partition coefficient (Wildman–Crippen LogP) is 6.56. The van der Waals surface area contributed by atoms with Gasteiger partial charge < -0.3 is 20.1 Å². The summed E-state index contributed by atoms with van der Waals surface area (Å²) in [6, 6.07) is 11.7. The zero-order chi connectivity index (χ0) is 25.0. The van der Waals surface area contributed by atoms with E-state index in [0.717, 1.165) is 39.2 Å². The normalized spacial score (nSPS) is 23.3. The Morgan fingerprint density at radius 3 is 1.94 bits per heavy atom. The van der Waals surface area contributed by atoms with Gasteiger partial charge in [-0.2, -0.15) is 0 Å². The molecule has 0 aromatic heterocycles. The van der Waals surface area contributed by atoms with Crippen LogP contribution >= 0.6 is 0 Å². The van der Waals surface area contributed by atoms with Crippen molar-refractivity contribution >= 4 is 0 Å². The van der Waals surface area contributed by atoms with Crippen LogP contribution in [0.15, 0.2) is 59.4 Å². The lowest BCUT2D eigenvalue weighted by Gasteiger charge is -2.40. The van der Waals surface area contributed by atoms with Gasteiger partial charge >= 0.3 is 0 Å². The molecule has 2 aliphatic rings.